The van der Waals surface area contributed by atoms with Gasteiger partial charge in [0.05, 0.1) is 6.04 Å². The zero-order chi connectivity index (χ0) is 15.4. The molecule has 0 radical (unpaired) electrons. The van der Waals surface area contributed by atoms with Crippen LogP contribution in [0.5, 0.6) is 0 Å². The Kier molecular flexibility index (Phi) is 5.19. The van der Waals surface area contributed by atoms with Gasteiger partial charge in [0.1, 0.15) is 17.6 Å². The van der Waals surface area contributed by atoms with Gasteiger partial charge in [-0.1, -0.05) is 6.92 Å². The number of carboxylic acid groups (broad SMARTS) is 1. The molecule has 2 amide bonds. The molecule has 0 aliphatic heterocycles. The summed E-state index contributed by atoms with van der Waals surface area (Å²) in [6, 6.07) is 0.391. The van der Waals surface area contributed by atoms with Gasteiger partial charge in [0.15, 0.2) is 0 Å². The molecule has 0 aliphatic carbocycles. The summed E-state index contributed by atoms with van der Waals surface area (Å²) < 4.78 is 5.43. The van der Waals surface area contributed by atoms with Crippen molar-refractivity contribution in [3.05, 3.63) is 23.2 Å². The second kappa shape index (κ2) is 6.45. The highest BCUT2D eigenvalue weighted by Gasteiger charge is 2.26. The number of hydrogen-bond donors (Lipinski definition) is 2. The molecule has 2 unspecified atom stereocenters. The van der Waals surface area contributed by atoms with E-state index in [1.807, 2.05) is 26.8 Å². The van der Waals surface area contributed by atoms with Crippen molar-refractivity contribution in [2.45, 2.75) is 46.2 Å². The number of nitrogens with one attached hydrogen (secondary N) is 1. The van der Waals surface area contributed by atoms with Crippen molar-refractivity contribution in [1.29, 1.82) is 0 Å². The van der Waals surface area contributed by atoms with E-state index in [1.165, 1.54) is 11.9 Å². The molecule has 1 aromatic rings. The fourth-order valence-corrected chi connectivity index (χ4v) is 2.20. The van der Waals surface area contributed by atoms with Crippen LogP contribution in [0.25, 0.3) is 0 Å². The second-order valence-electron chi connectivity index (χ2n) is 4.91. The van der Waals surface area contributed by atoms with Gasteiger partial charge in [0.25, 0.3) is 0 Å². The van der Waals surface area contributed by atoms with E-state index in [4.69, 9.17) is 9.52 Å². The molecule has 0 aliphatic rings. The van der Waals surface area contributed by atoms with Crippen LogP contribution in [0.2, 0.25) is 0 Å². The van der Waals surface area contributed by atoms with Crippen LogP contribution in [-0.2, 0) is 4.79 Å². The smallest absolute Gasteiger partial charge is 0.326 e. The third-order valence-electron chi connectivity index (χ3n) is 3.35. The zero-order valence-electron chi connectivity index (χ0n) is 12.6. The van der Waals surface area contributed by atoms with Crippen molar-refractivity contribution in [3.63, 3.8) is 0 Å². The molecule has 0 saturated heterocycles. The lowest BCUT2D eigenvalue weighted by molar-refractivity contribution is -0.141. The Morgan fingerprint density at radius 1 is 1.45 bits per heavy atom. The SMILES string of the molecule is CCC(C(=O)O)N(C)C(=O)NC(C)c1cc(C)oc1C. The molecule has 1 heterocycles. The van der Waals surface area contributed by atoms with E-state index >= 15 is 0 Å². The standard InChI is InChI=1S/C14H22N2O4/c1-6-12(13(17)18)16(5)14(19)15-9(3)11-7-8(2)20-10(11)4/h7,9,12H,6H2,1-5H3,(H,15,19)(H,17,18). The highest BCUT2D eigenvalue weighted by molar-refractivity contribution is 5.82. The van der Waals surface area contributed by atoms with Gasteiger partial charge in [-0.05, 0) is 33.3 Å². The summed E-state index contributed by atoms with van der Waals surface area (Å²) in [7, 11) is 1.48. The molecule has 112 valence electrons. The number of carboxylic acids is 1. The average Bonchev–Trinajstić information content (AvgIpc) is 2.68. The average molecular weight is 282 g/mol. The lowest BCUT2D eigenvalue weighted by atomic mass is 10.1. The van der Waals surface area contributed by atoms with Crippen LogP contribution in [0, 0.1) is 13.8 Å². The van der Waals surface area contributed by atoms with Crippen LogP contribution in [0.15, 0.2) is 10.5 Å². The quantitative estimate of drug-likeness (QED) is 0.869. The van der Waals surface area contributed by atoms with E-state index in [0.29, 0.717) is 6.42 Å². The molecule has 1 aromatic heterocycles. The first-order chi connectivity index (χ1) is 9.27. The number of nitrogens with zero attached hydrogens (tertiary/aromatic N) is 1. The Hall–Kier alpha value is -1.98. The van der Waals surface area contributed by atoms with Crippen LogP contribution < -0.4 is 5.32 Å². The van der Waals surface area contributed by atoms with E-state index in [0.717, 1.165) is 17.1 Å². The first kappa shape index (κ1) is 16.1. The molecular weight excluding hydrogens is 260 g/mol. The summed E-state index contributed by atoms with van der Waals surface area (Å²) in [5.41, 5.74) is 0.896. The van der Waals surface area contributed by atoms with Gasteiger partial charge in [-0.2, -0.15) is 0 Å². The van der Waals surface area contributed by atoms with Crippen molar-refractivity contribution < 1.29 is 19.1 Å². The fourth-order valence-electron chi connectivity index (χ4n) is 2.20. The number of carbonyl (C=O) groups is 2. The van der Waals surface area contributed by atoms with Crippen molar-refractivity contribution in [3.8, 4) is 0 Å². The number of carbonyl (C=O) groups excluding carboxylic acids is 1. The molecule has 20 heavy (non-hydrogen) atoms. The lowest BCUT2D eigenvalue weighted by Gasteiger charge is -2.26. The van der Waals surface area contributed by atoms with Crippen molar-refractivity contribution >= 4 is 12.0 Å². The number of amides is 2. The Balaban J connectivity index is 2.75. The van der Waals surface area contributed by atoms with E-state index < -0.39 is 18.0 Å². The van der Waals surface area contributed by atoms with Crippen LogP contribution in [0.1, 0.15) is 43.4 Å². The molecule has 6 nitrogen and oxygen atoms in total. The maximum Gasteiger partial charge on any atom is 0.326 e. The van der Waals surface area contributed by atoms with E-state index in [9.17, 15) is 9.59 Å². The summed E-state index contributed by atoms with van der Waals surface area (Å²) in [6.07, 6.45) is 0.359. The third kappa shape index (κ3) is 3.53. The molecule has 0 bridgehead atoms. The van der Waals surface area contributed by atoms with Crippen LogP contribution in [0.3, 0.4) is 0 Å². The molecule has 6 heteroatoms. The largest absolute Gasteiger partial charge is 0.480 e. The van der Waals surface area contributed by atoms with E-state index in [2.05, 4.69) is 5.32 Å². The van der Waals surface area contributed by atoms with Gasteiger partial charge in [-0.15, -0.1) is 0 Å². The Morgan fingerprint density at radius 3 is 2.45 bits per heavy atom. The summed E-state index contributed by atoms with van der Waals surface area (Å²) in [5.74, 6) is 0.528. The molecular formula is C14H22N2O4. The Labute approximate surface area is 118 Å². The number of hydrogen-bond acceptors (Lipinski definition) is 3. The van der Waals surface area contributed by atoms with Crippen molar-refractivity contribution in [2.75, 3.05) is 7.05 Å². The number of aryl methyl sites for hydroxylation is 2. The fraction of sp³-hybridized carbons (Fsp3) is 0.571. The number of rotatable bonds is 5. The minimum absolute atomic E-state index is 0.242. The number of likely N-dealkylation sites (N-methyl/N-ethyl adjacent to an activating group) is 1. The highest BCUT2D eigenvalue weighted by Crippen LogP contribution is 2.21. The van der Waals surface area contributed by atoms with E-state index in [-0.39, 0.29) is 6.04 Å². The van der Waals surface area contributed by atoms with Crippen LogP contribution >= 0.6 is 0 Å². The van der Waals surface area contributed by atoms with E-state index in [1.54, 1.807) is 6.92 Å². The highest BCUT2D eigenvalue weighted by atomic mass is 16.4. The number of aliphatic carboxylic acids is 1. The maximum atomic E-state index is 12.1. The monoisotopic (exact) mass is 282 g/mol. The van der Waals surface area contributed by atoms with Crippen LogP contribution in [0.4, 0.5) is 4.79 Å². The minimum atomic E-state index is -1.01. The van der Waals surface area contributed by atoms with Gasteiger partial charge in [-0.25, -0.2) is 9.59 Å². The number of furan rings is 1. The Morgan fingerprint density at radius 2 is 2.05 bits per heavy atom. The second-order valence-corrected chi connectivity index (χ2v) is 4.91. The molecule has 0 fully saturated rings. The van der Waals surface area contributed by atoms with Gasteiger partial charge in [0, 0.05) is 12.6 Å². The number of urea groups is 1. The van der Waals surface area contributed by atoms with Gasteiger partial charge in [0.2, 0.25) is 0 Å². The topological polar surface area (TPSA) is 82.8 Å². The zero-order valence-corrected chi connectivity index (χ0v) is 12.6. The first-order valence-corrected chi connectivity index (χ1v) is 6.61. The van der Waals surface area contributed by atoms with Gasteiger partial charge in [-0.3, -0.25) is 0 Å². The summed E-state index contributed by atoms with van der Waals surface area (Å²) in [4.78, 5) is 24.3. The van der Waals surface area contributed by atoms with Gasteiger partial charge >= 0.3 is 12.0 Å². The predicted octanol–water partition coefficient (Wildman–Crippen LogP) is 2.46. The summed E-state index contributed by atoms with van der Waals surface area (Å²) in [5, 5.41) is 11.8. The normalized spacial score (nSPS) is 13.7. The molecule has 0 saturated carbocycles. The molecule has 2 atom stereocenters. The third-order valence-corrected chi connectivity index (χ3v) is 3.35. The lowest BCUT2D eigenvalue weighted by Crippen LogP contribution is -2.47. The van der Waals surface area contributed by atoms with Crippen LogP contribution in [-0.4, -0.2) is 35.1 Å². The minimum Gasteiger partial charge on any atom is -0.480 e. The summed E-state index contributed by atoms with van der Waals surface area (Å²) in [6.45, 7) is 7.25. The predicted molar refractivity (Wildman–Crippen MR) is 74.6 cm³/mol. The van der Waals surface area contributed by atoms with Gasteiger partial charge < -0.3 is 19.7 Å². The molecule has 0 aromatic carbocycles. The maximum absolute atomic E-state index is 12.1. The molecule has 0 spiro atoms. The van der Waals surface area contributed by atoms with Crippen molar-refractivity contribution in [2.24, 2.45) is 0 Å². The summed E-state index contributed by atoms with van der Waals surface area (Å²) >= 11 is 0. The molecule has 2 N–H and O–H groups in total. The first-order valence-electron chi connectivity index (χ1n) is 6.61. The Bertz CT molecular complexity index is 495. The van der Waals surface area contributed by atoms with Crippen molar-refractivity contribution in [1.82, 2.24) is 10.2 Å². The molecule has 1 rings (SSSR count).